The highest BCUT2D eigenvalue weighted by Crippen LogP contribution is 2.20. The fourth-order valence-corrected chi connectivity index (χ4v) is 2.76. The highest BCUT2D eigenvalue weighted by atomic mass is 35.5. The molecule has 0 unspecified atom stereocenters. The summed E-state index contributed by atoms with van der Waals surface area (Å²) in [5.41, 5.74) is 2.50. The van der Waals surface area contributed by atoms with E-state index in [-0.39, 0.29) is 5.91 Å². The van der Waals surface area contributed by atoms with Crippen molar-refractivity contribution >= 4 is 29.1 Å². The number of nitrogens with one attached hydrogen (secondary N) is 1. The molecule has 1 amide bonds. The summed E-state index contributed by atoms with van der Waals surface area (Å²) in [7, 11) is 0. The Balaban J connectivity index is 1.60. The van der Waals surface area contributed by atoms with Crippen LogP contribution in [0.25, 0.3) is 0 Å². The zero-order chi connectivity index (χ0) is 16.9. The lowest BCUT2D eigenvalue weighted by Gasteiger charge is -2.08. The van der Waals surface area contributed by atoms with Gasteiger partial charge in [-0.25, -0.2) is 0 Å². The lowest BCUT2D eigenvalue weighted by molar-refractivity contribution is 0.0951. The second-order valence-corrected chi connectivity index (χ2v) is 6.16. The van der Waals surface area contributed by atoms with Crippen molar-refractivity contribution in [1.82, 2.24) is 15.1 Å². The molecule has 0 aliphatic rings. The molecular weight excluding hydrogens is 345 g/mol. The van der Waals surface area contributed by atoms with Crippen LogP contribution in [0, 0.1) is 0 Å². The van der Waals surface area contributed by atoms with Crippen LogP contribution in [0.5, 0.6) is 0 Å². The van der Waals surface area contributed by atoms with E-state index in [9.17, 15) is 4.79 Å². The molecule has 0 radical (unpaired) electrons. The summed E-state index contributed by atoms with van der Waals surface area (Å²) in [5, 5.41) is 8.13. The lowest BCUT2D eigenvalue weighted by atomic mass is 10.1. The first-order valence-electron chi connectivity index (χ1n) is 7.40. The van der Waals surface area contributed by atoms with Crippen LogP contribution in [0.4, 0.5) is 0 Å². The molecular formula is C18H15Cl2N3O. The van der Waals surface area contributed by atoms with Gasteiger partial charge in [0.2, 0.25) is 0 Å². The molecule has 0 aliphatic heterocycles. The van der Waals surface area contributed by atoms with E-state index in [2.05, 4.69) is 10.4 Å². The second kappa shape index (κ2) is 7.51. The highest BCUT2D eigenvalue weighted by molar-refractivity contribution is 6.35. The molecule has 0 atom stereocenters. The molecule has 122 valence electrons. The number of hydrogen-bond acceptors (Lipinski definition) is 2. The molecule has 0 aliphatic carbocycles. The molecule has 2 aromatic carbocycles. The zero-order valence-electron chi connectivity index (χ0n) is 12.7. The van der Waals surface area contributed by atoms with E-state index in [1.807, 2.05) is 29.1 Å². The molecule has 1 aromatic heterocycles. The first-order chi connectivity index (χ1) is 11.6. The van der Waals surface area contributed by atoms with Gasteiger partial charge in [0.25, 0.3) is 5.91 Å². The molecule has 1 N–H and O–H groups in total. The van der Waals surface area contributed by atoms with Crippen molar-refractivity contribution in [3.63, 3.8) is 0 Å². The maximum Gasteiger partial charge on any atom is 0.251 e. The van der Waals surface area contributed by atoms with Gasteiger partial charge in [0.05, 0.1) is 6.54 Å². The predicted molar refractivity (Wildman–Crippen MR) is 95.4 cm³/mol. The van der Waals surface area contributed by atoms with Crippen molar-refractivity contribution in [2.75, 3.05) is 0 Å². The van der Waals surface area contributed by atoms with E-state index in [0.29, 0.717) is 28.7 Å². The van der Waals surface area contributed by atoms with Crippen LogP contribution >= 0.6 is 23.2 Å². The number of aromatic nitrogens is 2. The highest BCUT2D eigenvalue weighted by Gasteiger charge is 2.07. The average molecular weight is 360 g/mol. The van der Waals surface area contributed by atoms with Gasteiger partial charge >= 0.3 is 0 Å². The van der Waals surface area contributed by atoms with Gasteiger partial charge in [-0.15, -0.1) is 0 Å². The molecule has 3 rings (SSSR count). The van der Waals surface area contributed by atoms with E-state index >= 15 is 0 Å². The normalized spacial score (nSPS) is 10.6. The Morgan fingerprint density at radius 1 is 1.12 bits per heavy atom. The van der Waals surface area contributed by atoms with Gasteiger partial charge in [0.1, 0.15) is 0 Å². The molecule has 6 heteroatoms. The SMILES string of the molecule is O=C(NCc1ccc(Cl)cc1Cl)c1ccc(Cn2cccn2)cc1. The number of nitrogens with zero attached hydrogens (tertiary/aromatic N) is 2. The van der Waals surface area contributed by atoms with Crippen LogP contribution < -0.4 is 5.32 Å². The summed E-state index contributed by atoms with van der Waals surface area (Å²) in [6.45, 7) is 1.03. The van der Waals surface area contributed by atoms with E-state index in [0.717, 1.165) is 11.1 Å². The van der Waals surface area contributed by atoms with Crippen molar-refractivity contribution in [2.24, 2.45) is 0 Å². The van der Waals surface area contributed by atoms with E-state index in [1.54, 1.807) is 36.5 Å². The van der Waals surface area contributed by atoms with Crippen molar-refractivity contribution in [2.45, 2.75) is 13.1 Å². The fraction of sp³-hybridized carbons (Fsp3) is 0.111. The Morgan fingerprint density at radius 2 is 1.92 bits per heavy atom. The molecule has 0 bridgehead atoms. The van der Waals surface area contributed by atoms with Crippen LogP contribution in [0.3, 0.4) is 0 Å². The summed E-state index contributed by atoms with van der Waals surface area (Å²) in [5.74, 6) is -0.147. The van der Waals surface area contributed by atoms with Gasteiger partial charge in [0.15, 0.2) is 0 Å². The largest absolute Gasteiger partial charge is 0.348 e. The summed E-state index contributed by atoms with van der Waals surface area (Å²) < 4.78 is 1.83. The Labute approximate surface area is 150 Å². The van der Waals surface area contributed by atoms with Gasteiger partial charge in [-0.3, -0.25) is 9.48 Å². The standard InChI is InChI=1S/C18H15Cl2N3O/c19-16-7-6-15(17(20)10-16)11-21-18(24)14-4-2-13(3-5-14)12-23-9-1-8-22-23/h1-10H,11-12H2,(H,21,24). The average Bonchev–Trinajstić information content (AvgIpc) is 3.07. The Kier molecular flexibility index (Phi) is 5.18. The number of rotatable bonds is 5. The number of carbonyl (C=O) groups excluding carboxylic acids is 1. The smallest absolute Gasteiger partial charge is 0.251 e. The van der Waals surface area contributed by atoms with Crippen LogP contribution in [0.2, 0.25) is 10.0 Å². The summed E-state index contributed by atoms with van der Waals surface area (Å²) in [6.07, 6.45) is 3.64. The Hall–Kier alpha value is -2.30. The molecule has 0 fully saturated rings. The molecule has 4 nitrogen and oxygen atoms in total. The van der Waals surface area contributed by atoms with Crippen LogP contribution in [-0.4, -0.2) is 15.7 Å². The topological polar surface area (TPSA) is 46.9 Å². The van der Waals surface area contributed by atoms with E-state index in [1.165, 1.54) is 0 Å². The third kappa shape index (κ3) is 4.16. The minimum atomic E-state index is -0.147. The van der Waals surface area contributed by atoms with Crippen molar-refractivity contribution < 1.29 is 4.79 Å². The second-order valence-electron chi connectivity index (χ2n) is 5.32. The van der Waals surface area contributed by atoms with Gasteiger partial charge in [0, 0.05) is 34.5 Å². The van der Waals surface area contributed by atoms with E-state index in [4.69, 9.17) is 23.2 Å². The number of halogens is 2. The van der Waals surface area contributed by atoms with E-state index < -0.39 is 0 Å². The third-order valence-corrected chi connectivity index (χ3v) is 4.16. The Bertz CT molecular complexity index is 830. The number of carbonyl (C=O) groups is 1. The van der Waals surface area contributed by atoms with Gasteiger partial charge < -0.3 is 5.32 Å². The first-order valence-corrected chi connectivity index (χ1v) is 8.16. The van der Waals surface area contributed by atoms with Crippen molar-refractivity contribution in [3.8, 4) is 0 Å². The number of benzene rings is 2. The first kappa shape index (κ1) is 16.6. The zero-order valence-corrected chi connectivity index (χ0v) is 14.3. The monoisotopic (exact) mass is 359 g/mol. The molecule has 24 heavy (non-hydrogen) atoms. The van der Waals surface area contributed by atoms with Crippen LogP contribution in [-0.2, 0) is 13.1 Å². The van der Waals surface area contributed by atoms with Crippen LogP contribution in [0.15, 0.2) is 60.9 Å². The lowest BCUT2D eigenvalue weighted by Crippen LogP contribution is -2.22. The van der Waals surface area contributed by atoms with Crippen molar-refractivity contribution in [1.29, 1.82) is 0 Å². The molecule has 1 heterocycles. The number of hydrogen-bond donors (Lipinski definition) is 1. The minimum absolute atomic E-state index is 0.147. The van der Waals surface area contributed by atoms with Gasteiger partial charge in [-0.1, -0.05) is 41.4 Å². The molecule has 0 spiro atoms. The Morgan fingerprint density at radius 3 is 2.58 bits per heavy atom. The number of amides is 1. The molecule has 3 aromatic rings. The molecule has 0 saturated carbocycles. The summed E-state index contributed by atoms with van der Waals surface area (Å²) >= 11 is 12.0. The summed E-state index contributed by atoms with van der Waals surface area (Å²) in [6, 6.07) is 14.5. The van der Waals surface area contributed by atoms with Crippen molar-refractivity contribution in [3.05, 3.63) is 87.7 Å². The maximum atomic E-state index is 12.2. The summed E-state index contributed by atoms with van der Waals surface area (Å²) in [4.78, 5) is 12.2. The van der Waals surface area contributed by atoms with Gasteiger partial charge in [-0.2, -0.15) is 5.10 Å². The third-order valence-electron chi connectivity index (χ3n) is 3.57. The minimum Gasteiger partial charge on any atom is -0.348 e. The predicted octanol–water partition coefficient (Wildman–Crippen LogP) is 4.17. The van der Waals surface area contributed by atoms with Crippen LogP contribution in [0.1, 0.15) is 21.5 Å². The van der Waals surface area contributed by atoms with Gasteiger partial charge in [-0.05, 0) is 41.5 Å². The maximum absolute atomic E-state index is 12.2. The quantitative estimate of drug-likeness (QED) is 0.742. The molecule has 0 saturated heterocycles. The fourth-order valence-electron chi connectivity index (χ4n) is 2.29.